The Morgan fingerprint density at radius 1 is 1.12 bits per heavy atom. The Morgan fingerprint density at radius 2 is 1.96 bits per heavy atom. The second-order valence-corrected chi connectivity index (χ2v) is 7.71. The molecule has 0 atom stereocenters. The van der Waals surface area contributed by atoms with Gasteiger partial charge in [0.15, 0.2) is 5.65 Å². The number of benzene rings is 1. The van der Waals surface area contributed by atoms with Crippen molar-refractivity contribution < 1.29 is 0 Å². The molecule has 1 saturated carbocycles. The average Bonchev–Trinajstić information content (AvgIpc) is 3.35. The molecular weight excluding hydrogens is 330 g/mol. The smallest absolute Gasteiger partial charge is 0.164 e. The number of fused-ring (bicyclic) bond motifs is 2. The predicted molar refractivity (Wildman–Crippen MR) is 101 cm³/mol. The topological polar surface area (TPSA) is 69.6 Å². The molecule has 0 unspecified atom stereocenters. The minimum absolute atomic E-state index is 0.427. The van der Waals surface area contributed by atoms with Crippen molar-refractivity contribution in [3.05, 3.63) is 47.8 Å². The standard InChI is InChI=1S/C19H19N5S/c20-17-16-18(22-11-21-17)24(13-6-2-3-7-13)23-19(16)25-15-10-9-12-5-1-4-8-14(12)15/h1,4-5,8,10-11,13H,2-3,6-7,9H2,(H2,20,21,22). The molecule has 1 aromatic carbocycles. The molecule has 6 heteroatoms. The lowest BCUT2D eigenvalue weighted by molar-refractivity contribution is 0.470. The molecule has 126 valence electrons. The van der Waals surface area contributed by atoms with Gasteiger partial charge in [0.25, 0.3) is 0 Å². The molecular formula is C19H19N5S. The molecule has 5 rings (SSSR count). The fourth-order valence-electron chi connectivity index (χ4n) is 3.89. The average molecular weight is 349 g/mol. The maximum Gasteiger partial charge on any atom is 0.164 e. The van der Waals surface area contributed by atoms with Gasteiger partial charge < -0.3 is 5.73 Å². The van der Waals surface area contributed by atoms with Crippen LogP contribution < -0.4 is 5.73 Å². The number of thioether (sulfide) groups is 1. The molecule has 0 radical (unpaired) electrons. The van der Waals surface area contributed by atoms with Crippen molar-refractivity contribution in [2.24, 2.45) is 0 Å². The molecule has 2 N–H and O–H groups in total. The number of anilines is 1. The van der Waals surface area contributed by atoms with E-state index in [0.717, 1.165) is 35.3 Å². The van der Waals surface area contributed by atoms with Gasteiger partial charge in [0.2, 0.25) is 0 Å². The van der Waals surface area contributed by atoms with E-state index >= 15 is 0 Å². The quantitative estimate of drug-likeness (QED) is 0.767. The molecule has 2 aromatic heterocycles. The van der Waals surface area contributed by atoms with Crippen LogP contribution in [-0.4, -0.2) is 19.7 Å². The summed E-state index contributed by atoms with van der Waals surface area (Å²) < 4.78 is 2.09. The van der Waals surface area contributed by atoms with Gasteiger partial charge in [-0.25, -0.2) is 14.6 Å². The molecule has 0 aliphatic heterocycles. The van der Waals surface area contributed by atoms with Crippen LogP contribution in [-0.2, 0) is 6.42 Å². The van der Waals surface area contributed by atoms with E-state index in [9.17, 15) is 0 Å². The van der Waals surface area contributed by atoms with E-state index in [0.29, 0.717) is 11.9 Å². The number of nitrogen functional groups attached to an aromatic ring is 1. The van der Waals surface area contributed by atoms with Gasteiger partial charge in [-0.3, -0.25) is 0 Å². The van der Waals surface area contributed by atoms with Gasteiger partial charge in [-0.15, -0.1) is 0 Å². The molecule has 0 amide bonds. The van der Waals surface area contributed by atoms with Crippen molar-refractivity contribution >= 4 is 33.5 Å². The van der Waals surface area contributed by atoms with Crippen molar-refractivity contribution in [3.63, 3.8) is 0 Å². The van der Waals surface area contributed by atoms with Crippen LogP contribution in [0.25, 0.3) is 15.9 Å². The fraction of sp³-hybridized carbons (Fsp3) is 0.316. The third-order valence-electron chi connectivity index (χ3n) is 5.15. The second kappa shape index (κ2) is 5.88. The first-order valence-electron chi connectivity index (χ1n) is 8.76. The van der Waals surface area contributed by atoms with E-state index in [2.05, 4.69) is 45.0 Å². The summed E-state index contributed by atoms with van der Waals surface area (Å²) in [5.74, 6) is 0.517. The van der Waals surface area contributed by atoms with E-state index in [1.807, 2.05) is 0 Å². The molecule has 1 fully saturated rings. The lowest BCUT2D eigenvalue weighted by atomic mass is 10.1. The molecule has 2 aliphatic carbocycles. The first kappa shape index (κ1) is 15.0. The number of nitrogens with two attached hydrogens (primary N) is 1. The summed E-state index contributed by atoms with van der Waals surface area (Å²) in [6.07, 6.45) is 9.64. The van der Waals surface area contributed by atoms with Crippen LogP contribution in [0.1, 0.15) is 42.9 Å². The summed E-state index contributed by atoms with van der Waals surface area (Å²) >= 11 is 1.69. The molecule has 25 heavy (non-hydrogen) atoms. The monoisotopic (exact) mass is 349 g/mol. The zero-order valence-corrected chi connectivity index (χ0v) is 14.7. The van der Waals surface area contributed by atoms with Gasteiger partial charge in [0, 0.05) is 4.91 Å². The Bertz CT molecular complexity index is 985. The maximum absolute atomic E-state index is 6.20. The van der Waals surface area contributed by atoms with Crippen LogP contribution >= 0.6 is 11.8 Å². The molecule has 0 saturated heterocycles. The molecule has 0 bridgehead atoms. The van der Waals surface area contributed by atoms with Crippen molar-refractivity contribution in [2.45, 2.75) is 43.2 Å². The lowest BCUT2D eigenvalue weighted by Gasteiger charge is -2.10. The maximum atomic E-state index is 6.20. The van der Waals surface area contributed by atoms with E-state index in [1.54, 1.807) is 18.1 Å². The Labute approximate surface area is 150 Å². The number of hydrogen-bond donors (Lipinski definition) is 1. The molecule has 3 aromatic rings. The second-order valence-electron chi connectivity index (χ2n) is 6.68. The van der Waals surface area contributed by atoms with Gasteiger partial charge in [-0.05, 0) is 30.4 Å². The third-order valence-corrected chi connectivity index (χ3v) is 6.24. The summed E-state index contributed by atoms with van der Waals surface area (Å²) in [7, 11) is 0. The van der Waals surface area contributed by atoms with E-state index in [1.165, 1.54) is 28.9 Å². The fourth-order valence-corrected chi connectivity index (χ4v) is 5.00. The Hall–Kier alpha value is -2.34. The summed E-state index contributed by atoms with van der Waals surface area (Å²) in [5, 5.41) is 6.74. The van der Waals surface area contributed by atoms with Crippen molar-refractivity contribution in [1.82, 2.24) is 19.7 Å². The first-order valence-corrected chi connectivity index (χ1v) is 9.58. The number of hydrogen-bond acceptors (Lipinski definition) is 5. The van der Waals surface area contributed by atoms with Crippen molar-refractivity contribution in [2.75, 3.05) is 5.73 Å². The zero-order chi connectivity index (χ0) is 16.8. The Balaban J connectivity index is 1.60. The number of aromatic nitrogens is 4. The molecule has 2 aliphatic rings. The normalized spacial score (nSPS) is 17.2. The number of rotatable bonds is 3. The highest BCUT2D eigenvalue weighted by Gasteiger charge is 2.25. The minimum Gasteiger partial charge on any atom is -0.383 e. The van der Waals surface area contributed by atoms with Crippen molar-refractivity contribution in [1.29, 1.82) is 0 Å². The van der Waals surface area contributed by atoms with Crippen LogP contribution in [0.4, 0.5) is 5.82 Å². The highest BCUT2D eigenvalue weighted by Crippen LogP contribution is 2.43. The summed E-state index contributed by atoms with van der Waals surface area (Å²) in [5.41, 5.74) is 9.74. The Kier molecular flexibility index (Phi) is 3.52. The van der Waals surface area contributed by atoms with Crippen LogP contribution in [0.3, 0.4) is 0 Å². The summed E-state index contributed by atoms with van der Waals surface area (Å²) in [6, 6.07) is 8.97. The van der Waals surface area contributed by atoms with Gasteiger partial charge in [-0.2, -0.15) is 5.10 Å². The van der Waals surface area contributed by atoms with Gasteiger partial charge in [0.1, 0.15) is 17.2 Å². The van der Waals surface area contributed by atoms with E-state index < -0.39 is 0 Å². The highest BCUT2D eigenvalue weighted by molar-refractivity contribution is 8.08. The lowest BCUT2D eigenvalue weighted by Crippen LogP contribution is -2.07. The highest BCUT2D eigenvalue weighted by atomic mass is 32.2. The van der Waals surface area contributed by atoms with Crippen LogP contribution in [0.15, 0.2) is 41.7 Å². The number of nitrogens with zero attached hydrogens (tertiary/aromatic N) is 4. The Morgan fingerprint density at radius 3 is 2.84 bits per heavy atom. The van der Waals surface area contributed by atoms with E-state index in [-0.39, 0.29) is 0 Å². The zero-order valence-electron chi connectivity index (χ0n) is 13.9. The van der Waals surface area contributed by atoms with Crippen molar-refractivity contribution in [3.8, 4) is 0 Å². The number of allylic oxidation sites excluding steroid dienone is 1. The molecule has 2 heterocycles. The van der Waals surface area contributed by atoms with Gasteiger partial charge >= 0.3 is 0 Å². The molecule has 5 nitrogen and oxygen atoms in total. The largest absolute Gasteiger partial charge is 0.383 e. The van der Waals surface area contributed by atoms with E-state index in [4.69, 9.17) is 10.8 Å². The SMILES string of the molecule is Nc1ncnc2c1c(SC1=CCc3ccccc31)nn2C1CCCC1. The molecule has 0 spiro atoms. The van der Waals surface area contributed by atoms with Crippen LogP contribution in [0.5, 0.6) is 0 Å². The van der Waals surface area contributed by atoms with Gasteiger partial charge in [-0.1, -0.05) is 54.9 Å². The third kappa shape index (κ3) is 2.43. The van der Waals surface area contributed by atoms with Crippen LogP contribution in [0.2, 0.25) is 0 Å². The summed E-state index contributed by atoms with van der Waals surface area (Å²) in [6.45, 7) is 0. The first-order chi connectivity index (χ1) is 12.3. The van der Waals surface area contributed by atoms with Crippen LogP contribution in [0, 0.1) is 0 Å². The van der Waals surface area contributed by atoms with Gasteiger partial charge in [0.05, 0.1) is 11.4 Å². The summed E-state index contributed by atoms with van der Waals surface area (Å²) in [4.78, 5) is 9.96. The minimum atomic E-state index is 0.427. The predicted octanol–water partition coefficient (Wildman–Crippen LogP) is 4.21.